The summed E-state index contributed by atoms with van der Waals surface area (Å²) in [7, 11) is 0. The lowest BCUT2D eigenvalue weighted by atomic mass is 10.1. The van der Waals surface area contributed by atoms with Crippen molar-refractivity contribution >= 4 is 18.1 Å². The second kappa shape index (κ2) is 7.84. The van der Waals surface area contributed by atoms with Gasteiger partial charge in [0.1, 0.15) is 18.2 Å². The molecule has 118 valence electrons. The van der Waals surface area contributed by atoms with E-state index in [-0.39, 0.29) is 18.3 Å². The van der Waals surface area contributed by atoms with Crippen molar-refractivity contribution < 1.29 is 9.18 Å². The third-order valence-corrected chi connectivity index (χ3v) is 3.57. The van der Waals surface area contributed by atoms with Gasteiger partial charge in [0.15, 0.2) is 4.77 Å². The van der Waals surface area contributed by atoms with Gasteiger partial charge in [0.25, 0.3) is 0 Å². The number of carbonyl (C=O) groups is 1. The zero-order valence-corrected chi connectivity index (χ0v) is 13.3. The third kappa shape index (κ3) is 4.49. The van der Waals surface area contributed by atoms with Crippen molar-refractivity contribution in [3.05, 3.63) is 46.2 Å². The van der Waals surface area contributed by atoms with Crippen LogP contribution in [0, 0.1) is 10.6 Å². The van der Waals surface area contributed by atoms with Crippen molar-refractivity contribution in [3.63, 3.8) is 0 Å². The molecule has 0 saturated carbocycles. The summed E-state index contributed by atoms with van der Waals surface area (Å²) in [5, 5.41) is 9.68. The molecular weight excluding hydrogens is 303 g/mol. The number of hydrogen-bond donors (Lipinski definition) is 2. The summed E-state index contributed by atoms with van der Waals surface area (Å²) >= 11 is 5.14. The average Bonchev–Trinajstić information content (AvgIpc) is 2.83. The molecule has 0 spiro atoms. The summed E-state index contributed by atoms with van der Waals surface area (Å²) in [6.07, 6.45) is 2.37. The van der Waals surface area contributed by atoms with Crippen LogP contribution in [0.5, 0.6) is 0 Å². The number of hydrogen-bond acceptors (Lipinski definition) is 3. The molecule has 1 amide bonds. The van der Waals surface area contributed by atoms with Gasteiger partial charge in [-0.1, -0.05) is 19.1 Å². The molecule has 0 unspecified atom stereocenters. The Hall–Kier alpha value is -2.02. The molecule has 1 aromatic heterocycles. The van der Waals surface area contributed by atoms with E-state index in [1.165, 1.54) is 12.1 Å². The molecule has 2 rings (SSSR count). The van der Waals surface area contributed by atoms with Gasteiger partial charge >= 0.3 is 0 Å². The monoisotopic (exact) mass is 322 g/mol. The molecule has 0 bridgehead atoms. The van der Waals surface area contributed by atoms with Crippen molar-refractivity contribution in [2.45, 2.75) is 32.7 Å². The molecule has 0 atom stereocenters. The maximum Gasteiger partial charge on any atom is 0.240 e. The Balaban J connectivity index is 1.84. The smallest absolute Gasteiger partial charge is 0.240 e. The number of H-pyrrole nitrogens is 1. The van der Waals surface area contributed by atoms with Gasteiger partial charge < -0.3 is 5.32 Å². The Labute approximate surface area is 133 Å². The lowest BCUT2D eigenvalue weighted by Gasteiger charge is -2.08. The maximum atomic E-state index is 12.8. The van der Waals surface area contributed by atoms with Gasteiger partial charge in [0.2, 0.25) is 5.91 Å². The third-order valence-electron chi connectivity index (χ3n) is 3.26. The zero-order valence-electron chi connectivity index (χ0n) is 12.4. The van der Waals surface area contributed by atoms with E-state index in [9.17, 15) is 9.18 Å². The standard InChI is InChI=1S/C15H19FN4OS/c1-2-3-13-18-19-15(22)20(13)10-14(21)17-9-8-11-4-6-12(16)7-5-11/h4-7H,2-3,8-10H2,1H3,(H,17,21)(H,19,22). The van der Waals surface area contributed by atoms with E-state index >= 15 is 0 Å². The molecule has 0 radical (unpaired) electrons. The van der Waals surface area contributed by atoms with Crippen molar-refractivity contribution in [2.75, 3.05) is 6.54 Å². The van der Waals surface area contributed by atoms with E-state index in [1.54, 1.807) is 16.7 Å². The Kier molecular flexibility index (Phi) is 5.83. The quantitative estimate of drug-likeness (QED) is 0.770. The molecule has 1 heterocycles. The predicted octanol–water partition coefficient (Wildman–Crippen LogP) is 2.39. The van der Waals surface area contributed by atoms with Gasteiger partial charge in [0, 0.05) is 13.0 Å². The number of benzene rings is 1. The first-order chi connectivity index (χ1) is 10.6. The van der Waals surface area contributed by atoms with Gasteiger partial charge in [0.05, 0.1) is 0 Å². The van der Waals surface area contributed by atoms with Gasteiger partial charge in [-0.15, -0.1) is 0 Å². The number of halogens is 1. The fourth-order valence-corrected chi connectivity index (χ4v) is 2.34. The highest BCUT2D eigenvalue weighted by Crippen LogP contribution is 2.03. The van der Waals surface area contributed by atoms with Gasteiger partial charge in [-0.2, -0.15) is 5.10 Å². The minimum atomic E-state index is -0.259. The number of nitrogens with one attached hydrogen (secondary N) is 2. The van der Waals surface area contributed by atoms with Crippen LogP contribution >= 0.6 is 12.2 Å². The summed E-state index contributed by atoms with van der Waals surface area (Å²) in [6.45, 7) is 2.71. The van der Waals surface area contributed by atoms with E-state index in [0.29, 0.717) is 17.7 Å². The highest BCUT2D eigenvalue weighted by atomic mass is 32.1. The maximum absolute atomic E-state index is 12.8. The molecular formula is C15H19FN4OS. The molecule has 2 N–H and O–H groups in total. The molecule has 5 nitrogen and oxygen atoms in total. The molecule has 1 aromatic carbocycles. The van der Waals surface area contributed by atoms with Crippen molar-refractivity contribution in [1.82, 2.24) is 20.1 Å². The van der Waals surface area contributed by atoms with E-state index in [2.05, 4.69) is 15.5 Å². The van der Waals surface area contributed by atoms with E-state index < -0.39 is 0 Å². The fourth-order valence-electron chi connectivity index (χ4n) is 2.12. The Morgan fingerprint density at radius 2 is 2.09 bits per heavy atom. The number of nitrogens with zero attached hydrogens (tertiary/aromatic N) is 2. The number of aromatic nitrogens is 3. The van der Waals surface area contributed by atoms with Crippen molar-refractivity contribution in [1.29, 1.82) is 0 Å². The molecule has 0 fully saturated rings. The van der Waals surface area contributed by atoms with Crippen LogP contribution in [0.25, 0.3) is 0 Å². The van der Waals surface area contributed by atoms with Crippen molar-refractivity contribution in [2.24, 2.45) is 0 Å². The predicted molar refractivity (Wildman–Crippen MR) is 84.5 cm³/mol. The number of aryl methyl sites for hydroxylation is 1. The second-order valence-electron chi connectivity index (χ2n) is 5.01. The highest BCUT2D eigenvalue weighted by Gasteiger charge is 2.09. The minimum Gasteiger partial charge on any atom is -0.354 e. The van der Waals surface area contributed by atoms with Crippen LogP contribution < -0.4 is 5.32 Å². The Morgan fingerprint density at radius 3 is 2.77 bits per heavy atom. The summed E-state index contributed by atoms with van der Waals surface area (Å²) in [6, 6.07) is 6.26. The summed E-state index contributed by atoms with van der Waals surface area (Å²) in [5.41, 5.74) is 0.980. The van der Waals surface area contributed by atoms with Gasteiger partial charge in [-0.05, 0) is 42.8 Å². The van der Waals surface area contributed by atoms with Gasteiger partial charge in [-0.3, -0.25) is 14.5 Å². The lowest BCUT2D eigenvalue weighted by Crippen LogP contribution is -2.30. The number of carbonyl (C=O) groups excluding carboxylic acids is 1. The van der Waals surface area contributed by atoms with Gasteiger partial charge in [-0.25, -0.2) is 4.39 Å². The zero-order chi connectivity index (χ0) is 15.9. The lowest BCUT2D eigenvalue weighted by molar-refractivity contribution is -0.121. The molecule has 0 aliphatic rings. The first kappa shape index (κ1) is 16.4. The van der Waals surface area contributed by atoms with Crippen LogP contribution in [-0.4, -0.2) is 27.2 Å². The van der Waals surface area contributed by atoms with Crippen LogP contribution in [0.15, 0.2) is 24.3 Å². The molecule has 22 heavy (non-hydrogen) atoms. The van der Waals surface area contributed by atoms with Crippen LogP contribution in [0.4, 0.5) is 4.39 Å². The number of amides is 1. The Morgan fingerprint density at radius 1 is 1.36 bits per heavy atom. The summed E-state index contributed by atoms with van der Waals surface area (Å²) in [5.74, 6) is 0.420. The van der Waals surface area contributed by atoms with E-state index in [0.717, 1.165) is 24.2 Å². The Bertz CT molecular complexity index is 678. The number of aromatic amines is 1. The van der Waals surface area contributed by atoms with E-state index in [1.807, 2.05) is 6.92 Å². The first-order valence-corrected chi connectivity index (χ1v) is 7.66. The molecule has 0 aliphatic heterocycles. The first-order valence-electron chi connectivity index (χ1n) is 7.25. The van der Waals surface area contributed by atoms with Crippen molar-refractivity contribution in [3.8, 4) is 0 Å². The van der Waals surface area contributed by atoms with Crippen LogP contribution in [0.1, 0.15) is 24.7 Å². The average molecular weight is 322 g/mol. The SMILES string of the molecule is CCCc1n[nH]c(=S)n1CC(=O)NCCc1ccc(F)cc1. The topological polar surface area (TPSA) is 62.7 Å². The highest BCUT2D eigenvalue weighted by molar-refractivity contribution is 7.71. The van der Waals surface area contributed by atoms with Crippen LogP contribution in [0.3, 0.4) is 0 Å². The van der Waals surface area contributed by atoms with E-state index in [4.69, 9.17) is 12.2 Å². The van der Waals surface area contributed by atoms with Crippen LogP contribution in [0.2, 0.25) is 0 Å². The summed E-state index contributed by atoms with van der Waals surface area (Å²) < 4.78 is 15.0. The number of rotatable bonds is 7. The molecule has 0 saturated heterocycles. The minimum absolute atomic E-state index is 0.114. The van der Waals surface area contributed by atoms with Crippen LogP contribution in [-0.2, 0) is 24.2 Å². The largest absolute Gasteiger partial charge is 0.354 e. The molecule has 0 aliphatic carbocycles. The second-order valence-corrected chi connectivity index (χ2v) is 5.39. The summed E-state index contributed by atoms with van der Waals surface area (Å²) in [4.78, 5) is 12.0. The fraction of sp³-hybridized carbons (Fsp3) is 0.400. The molecule has 2 aromatic rings. The normalized spacial score (nSPS) is 10.6. The molecule has 7 heteroatoms.